The summed E-state index contributed by atoms with van der Waals surface area (Å²) < 4.78 is 5.12. The Kier molecular flexibility index (Phi) is 3.69. The molecule has 0 aliphatic heterocycles. The lowest BCUT2D eigenvalue weighted by Crippen LogP contribution is -2.15. The van der Waals surface area contributed by atoms with Crippen LogP contribution in [0.3, 0.4) is 0 Å². The van der Waals surface area contributed by atoms with Crippen LogP contribution in [-0.4, -0.2) is 12.6 Å². The molecule has 3 N–H and O–H groups in total. The molecule has 0 radical (unpaired) electrons. The number of carbonyl (C=O) groups is 1. The van der Waals surface area contributed by atoms with E-state index in [1.54, 1.807) is 11.3 Å². The first kappa shape index (κ1) is 12.4. The fraction of sp³-hybridized carbons (Fsp3) is 0.583. The zero-order valence-electron chi connectivity index (χ0n) is 10.2. The summed E-state index contributed by atoms with van der Waals surface area (Å²) in [6.07, 6.45) is 3.35. The molecule has 0 amide bonds. The molecule has 1 atom stereocenters. The fourth-order valence-corrected chi connectivity index (χ4v) is 3.68. The molecule has 0 aromatic carbocycles. The Morgan fingerprint density at radius 2 is 2.41 bits per heavy atom. The number of anilines is 1. The molecule has 1 aromatic rings. The number of ether oxygens (including phenoxy) is 1. The molecular weight excluding hydrogens is 236 g/mol. The van der Waals surface area contributed by atoms with Crippen molar-refractivity contribution in [1.29, 1.82) is 0 Å². The van der Waals surface area contributed by atoms with Crippen molar-refractivity contribution in [3.63, 3.8) is 0 Å². The first-order chi connectivity index (χ1) is 8.19. The Bertz CT molecular complexity index is 428. The van der Waals surface area contributed by atoms with E-state index in [4.69, 9.17) is 10.6 Å². The number of nitrogens with one attached hydrogen (secondary N) is 1. The van der Waals surface area contributed by atoms with Gasteiger partial charge in [0.1, 0.15) is 5.00 Å². The van der Waals surface area contributed by atoms with Gasteiger partial charge in [0.2, 0.25) is 0 Å². The molecule has 2 rings (SSSR count). The van der Waals surface area contributed by atoms with Crippen molar-refractivity contribution in [1.82, 2.24) is 0 Å². The molecule has 1 unspecified atom stereocenters. The van der Waals surface area contributed by atoms with Crippen LogP contribution in [0.1, 0.15) is 53.4 Å². The number of nitrogen functional groups attached to an aromatic ring is 1. The summed E-state index contributed by atoms with van der Waals surface area (Å²) >= 11 is 1.58. The number of nitrogens with two attached hydrogens (primary N) is 1. The number of esters is 1. The van der Waals surface area contributed by atoms with Gasteiger partial charge in [0, 0.05) is 4.88 Å². The van der Waals surface area contributed by atoms with Gasteiger partial charge in [0.25, 0.3) is 0 Å². The van der Waals surface area contributed by atoms with Crippen LogP contribution in [0.5, 0.6) is 0 Å². The van der Waals surface area contributed by atoms with Crippen LogP contribution in [0, 0.1) is 0 Å². The normalized spacial score (nSPS) is 18.6. The maximum atomic E-state index is 12.0. The average Bonchev–Trinajstić information content (AvgIpc) is 2.69. The molecule has 1 aliphatic rings. The summed E-state index contributed by atoms with van der Waals surface area (Å²) in [5.74, 6) is 5.65. The Hall–Kier alpha value is -1.07. The fourth-order valence-electron chi connectivity index (χ4n) is 2.42. The number of hydrazine groups is 1. The first-order valence-corrected chi connectivity index (χ1v) is 6.80. The molecule has 0 spiro atoms. The van der Waals surface area contributed by atoms with Crippen molar-refractivity contribution >= 4 is 22.3 Å². The molecular formula is C12H18N2O2S. The van der Waals surface area contributed by atoms with Crippen LogP contribution in [0.2, 0.25) is 0 Å². The molecule has 1 heterocycles. The van der Waals surface area contributed by atoms with Gasteiger partial charge in [-0.3, -0.25) is 0 Å². The molecule has 0 fully saturated rings. The molecule has 1 aliphatic carbocycles. The van der Waals surface area contributed by atoms with Gasteiger partial charge in [-0.15, -0.1) is 11.3 Å². The Morgan fingerprint density at radius 3 is 3.06 bits per heavy atom. The highest BCUT2D eigenvalue weighted by molar-refractivity contribution is 7.16. The molecule has 0 bridgehead atoms. The highest BCUT2D eigenvalue weighted by Gasteiger charge is 2.29. The maximum Gasteiger partial charge on any atom is 0.341 e. The number of rotatable bonds is 3. The van der Waals surface area contributed by atoms with Crippen LogP contribution in [-0.2, 0) is 11.2 Å². The number of carbonyl (C=O) groups excluding carboxylic acids is 1. The van der Waals surface area contributed by atoms with E-state index in [0.29, 0.717) is 18.1 Å². The third-order valence-electron chi connectivity index (χ3n) is 3.17. The third-order valence-corrected chi connectivity index (χ3v) is 4.36. The van der Waals surface area contributed by atoms with Crippen molar-refractivity contribution in [3.8, 4) is 0 Å². The second kappa shape index (κ2) is 5.06. The van der Waals surface area contributed by atoms with Crippen LogP contribution >= 0.6 is 11.3 Å². The molecule has 1 aromatic heterocycles. The van der Waals surface area contributed by atoms with Gasteiger partial charge in [0.15, 0.2) is 0 Å². The van der Waals surface area contributed by atoms with Crippen LogP contribution < -0.4 is 11.3 Å². The van der Waals surface area contributed by atoms with E-state index in [1.807, 2.05) is 6.92 Å². The smallest absolute Gasteiger partial charge is 0.341 e. The van der Waals surface area contributed by atoms with Gasteiger partial charge in [0.05, 0.1) is 12.2 Å². The van der Waals surface area contributed by atoms with Crippen molar-refractivity contribution in [3.05, 3.63) is 16.0 Å². The van der Waals surface area contributed by atoms with Crippen molar-refractivity contribution in [2.24, 2.45) is 5.84 Å². The topological polar surface area (TPSA) is 64.3 Å². The highest BCUT2D eigenvalue weighted by atomic mass is 32.1. The maximum absolute atomic E-state index is 12.0. The molecule has 0 saturated carbocycles. The lowest BCUT2D eigenvalue weighted by atomic mass is 9.86. The Morgan fingerprint density at radius 1 is 1.65 bits per heavy atom. The number of aryl methyl sites for hydroxylation is 1. The summed E-state index contributed by atoms with van der Waals surface area (Å²) in [5, 5.41) is 0.738. The van der Waals surface area contributed by atoms with E-state index in [2.05, 4.69) is 12.3 Å². The summed E-state index contributed by atoms with van der Waals surface area (Å²) in [4.78, 5) is 13.3. The quantitative estimate of drug-likeness (QED) is 0.494. The van der Waals surface area contributed by atoms with Gasteiger partial charge >= 0.3 is 5.97 Å². The van der Waals surface area contributed by atoms with Crippen molar-refractivity contribution < 1.29 is 9.53 Å². The monoisotopic (exact) mass is 254 g/mol. The van der Waals surface area contributed by atoms with Crippen LogP contribution in [0.15, 0.2) is 0 Å². The van der Waals surface area contributed by atoms with E-state index >= 15 is 0 Å². The van der Waals surface area contributed by atoms with Gasteiger partial charge in [-0.05, 0) is 37.7 Å². The third kappa shape index (κ3) is 2.17. The zero-order valence-corrected chi connectivity index (χ0v) is 11.0. The highest BCUT2D eigenvalue weighted by Crippen LogP contribution is 2.43. The van der Waals surface area contributed by atoms with Crippen molar-refractivity contribution in [2.45, 2.75) is 39.0 Å². The zero-order chi connectivity index (χ0) is 12.4. The second-order valence-corrected chi connectivity index (χ2v) is 5.41. The summed E-state index contributed by atoms with van der Waals surface area (Å²) in [5.41, 5.74) is 4.43. The average molecular weight is 254 g/mol. The largest absolute Gasteiger partial charge is 0.462 e. The molecule has 17 heavy (non-hydrogen) atoms. The number of hydrogen-bond acceptors (Lipinski definition) is 5. The minimum atomic E-state index is -0.258. The molecule has 4 nitrogen and oxygen atoms in total. The van der Waals surface area contributed by atoms with Crippen molar-refractivity contribution in [2.75, 3.05) is 12.0 Å². The van der Waals surface area contributed by atoms with E-state index in [1.165, 1.54) is 11.3 Å². The summed E-state index contributed by atoms with van der Waals surface area (Å²) in [6.45, 7) is 4.37. The van der Waals surface area contributed by atoms with E-state index in [-0.39, 0.29) is 5.97 Å². The summed E-state index contributed by atoms with van der Waals surface area (Å²) in [7, 11) is 0. The SMILES string of the molecule is CCOC(=O)c1c(NN)sc2c1C(C)CCC2. The van der Waals surface area contributed by atoms with E-state index in [9.17, 15) is 4.79 Å². The van der Waals surface area contributed by atoms with Crippen LogP contribution in [0.4, 0.5) is 5.00 Å². The molecule has 0 saturated heterocycles. The Labute approximate surface area is 105 Å². The molecule has 94 valence electrons. The lowest BCUT2D eigenvalue weighted by molar-refractivity contribution is 0.0526. The van der Waals surface area contributed by atoms with Gasteiger partial charge in [-0.1, -0.05) is 6.92 Å². The van der Waals surface area contributed by atoms with Gasteiger partial charge < -0.3 is 10.2 Å². The standard InChI is InChI=1S/C12H18N2O2S/c1-3-16-12(15)10-9-7(2)5-4-6-8(9)17-11(10)14-13/h7,14H,3-6,13H2,1-2H3. The minimum absolute atomic E-state index is 0.258. The number of thiophene rings is 1. The van der Waals surface area contributed by atoms with E-state index < -0.39 is 0 Å². The minimum Gasteiger partial charge on any atom is -0.462 e. The van der Waals surface area contributed by atoms with Gasteiger partial charge in [-0.2, -0.15) is 0 Å². The van der Waals surface area contributed by atoms with Gasteiger partial charge in [-0.25, -0.2) is 10.6 Å². The van der Waals surface area contributed by atoms with E-state index in [0.717, 1.165) is 23.4 Å². The predicted octanol–water partition coefficient (Wildman–Crippen LogP) is 2.65. The summed E-state index contributed by atoms with van der Waals surface area (Å²) in [6, 6.07) is 0. The first-order valence-electron chi connectivity index (χ1n) is 5.98. The molecule has 5 heteroatoms. The predicted molar refractivity (Wildman–Crippen MR) is 69.4 cm³/mol. The lowest BCUT2D eigenvalue weighted by Gasteiger charge is -2.19. The number of hydrogen-bond donors (Lipinski definition) is 2. The second-order valence-electron chi connectivity index (χ2n) is 4.30. The Balaban J connectivity index is 2.47. The van der Waals surface area contributed by atoms with Crippen LogP contribution in [0.25, 0.3) is 0 Å². The number of fused-ring (bicyclic) bond motifs is 1.